The summed E-state index contributed by atoms with van der Waals surface area (Å²) in [5.74, 6) is -0.727. The summed E-state index contributed by atoms with van der Waals surface area (Å²) in [5, 5.41) is 14.8. The molecule has 0 saturated heterocycles. The zero-order valence-corrected chi connectivity index (χ0v) is 11.6. The lowest BCUT2D eigenvalue weighted by Gasteiger charge is -2.09. The second kappa shape index (κ2) is 6.56. The van der Waals surface area contributed by atoms with Crippen molar-refractivity contribution in [3.05, 3.63) is 59.7 Å². The van der Waals surface area contributed by atoms with Crippen molar-refractivity contribution in [1.29, 1.82) is 0 Å². The lowest BCUT2D eigenvalue weighted by molar-refractivity contribution is -0.115. The minimum absolute atomic E-state index is 0.00210. The van der Waals surface area contributed by atoms with E-state index in [1.54, 1.807) is 42.5 Å². The van der Waals surface area contributed by atoms with E-state index in [4.69, 9.17) is 0 Å². The van der Waals surface area contributed by atoms with Gasteiger partial charge in [-0.2, -0.15) is 0 Å². The molecule has 0 bridgehead atoms. The van der Waals surface area contributed by atoms with Gasteiger partial charge in [0.15, 0.2) is 0 Å². The molecule has 0 atom stereocenters. The molecule has 0 fully saturated rings. The molecule has 21 heavy (non-hydrogen) atoms. The molecule has 5 nitrogen and oxygen atoms in total. The second-order valence-electron chi connectivity index (χ2n) is 4.62. The van der Waals surface area contributed by atoms with Gasteiger partial charge in [0, 0.05) is 5.56 Å². The molecule has 0 heterocycles. The lowest BCUT2D eigenvalue weighted by atomic mass is 10.2. The quantitative estimate of drug-likeness (QED) is 0.752. The highest BCUT2D eigenvalue weighted by atomic mass is 16.3. The van der Waals surface area contributed by atoms with Gasteiger partial charge in [-0.3, -0.25) is 9.59 Å². The van der Waals surface area contributed by atoms with Crippen LogP contribution in [0.3, 0.4) is 0 Å². The molecule has 2 aromatic carbocycles. The van der Waals surface area contributed by atoms with Crippen LogP contribution in [0.4, 0.5) is 5.69 Å². The van der Waals surface area contributed by atoms with Crippen LogP contribution in [0.2, 0.25) is 0 Å². The summed E-state index contributed by atoms with van der Waals surface area (Å²) in [6.45, 7) is 1.67. The Kier molecular flexibility index (Phi) is 4.56. The molecule has 2 rings (SSSR count). The molecule has 0 unspecified atom stereocenters. The Bertz CT molecular complexity index is 654. The maximum atomic E-state index is 11.8. The molecular formula is C16H16N2O3. The molecule has 0 aliphatic carbocycles. The fourth-order valence-electron chi connectivity index (χ4n) is 1.79. The van der Waals surface area contributed by atoms with Gasteiger partial charge in [0.05, 0.1) is 12.2 Å². The van der Waals surface area contributed by atoms with Gasteiger partial charge in [-0.1, -0.05) is 24.3 Å². The van der Waals surface area contributed by atoms with Crippen molar-refractivity contribution in [1.82, 2.24) is 5.32 Å². The number of carbonyl (C=O) groups is 2. The van der Waals surface area contributed by atoms with Gasteiger partial charge in [0.2, 0.25) is 5.91 Å². The van der Waals surface area contributed by atoms with E-state index >= 15 is 0 Å². The Morgan fingerprint density at radius 3 is 2.48 bits per heavy atom. The number of hydrogen-bond donors (Lipinski definition) is 3. The minimum Gasteiger partial charge on any atom is -0.506 e. The van der Waals surface area contributed by atoms with Crippen molar-refractivity contribution < 1.29 is 14.7 Å². The van der Waals surface area contributed by atoms with Crippen LogP contribution in [0.5, 0.6) is 5.75 Å². The van der Waals surface area contributed by atoms with Crippen LogP contribution >= 0.6 is 0 Å². The van der Waals surface area contributed by atoms with E-state index in [1.165, 1.54) is 0 Å². The normalized spacial score (nSPS) is 9.95. The van der Waals surface area contributed by atoms with E-state index in [0.717, 1.165) is 5.56 Å². The lowest BCUT2D eigenvalue weighted by Crippen LogP contribution is -2.32. The summed E-state index contributed by atoms with van der Waals surface area (Å²) in [6.07, 6.45) is 0. The molecule has 0 aromatic heterocycles. The van der Waals surface area contributed by atoms with Crippen molar-refractivity contribution in [3.63, 3.8) is 0 Å². The number of aromatic hydroxyl groups is 1. The van der Waals surface area contributed by atoms with Crippen LogP contribution in [0.15, 0.2) is 48.5 Å². The number of nitrogens with one attached hydrogen (secondary N) is 2. The first-order chi connectivity index (χ1) is 10.1. The first kappa shape index (κ1) is 14.6. The van der Waals surface area contributed by atoms with Crippen molar-refractivity contribution in [2.45, 2.75) is 6.92 Å². The van der Waals surface area contributed by atoms with Crippen LogP contribution in [0.25, 0.3) is 0 Å². The van der Waals surface area contributed by atoms with Gasteiger partial charge >= 0.3 is 0 Å². The standard InChI is InChI=1S/C16H16N2O3/c1-11-7-8-13(14(19)9-11)18-15(20)10-17-16(21)12-5-3-2-4-6-12/h2-9,19H,10H2,1H3,(H,17,21)(H,18,20). The predicted molar refractivity (Wildman–Crippen MR) is 80.2 cm³/mol. The number of rotatable bonds is 4. The number of hydrogen-bond acceptors (Lipinski definition) is 3. The molecule has 108 valence electrons. The topological polar surface area (TPSA) is 78.4 Å². The average Bonchev–Trinajstić information content (AvgIpc) is 2.48. The van der Waals surface area contributed by atoms with E-state index in [-0.39, 0.29) is 18.2 Å². The van der Waals surface area contributed by atoms with E-state index in [0.29, 0.717) is 11.3 Å². The van der Waals surface area contributed by atoms with E-state index in [2.05, 4.69) is 10.6 Å². The van der Waals surface area contributed by atoms with Crippen LogP contribution in [0, 0.1) is 6.92 Å². The number of aryl methyl sites for hydroxylation is 1. The van der Waals surface area contributed by atoms with Crippen LogP contribution in [0.1, 0.15) is 15.9 Å². The zero-order chi connectivity index (χ0) is 15.2. The molecule has 2 aromatic rings. The third kappa shape index (κ3) is 4.07. The number of phenols is 1. The summed E-state index contributed by atoms with van der Waals surface area (Å²) in [7, 11) is 0. The average molecular weight is 284 g/mol. The van der Waals surface area contributed by atoms with Gasteiger partial charge in [-0.05, 0) is 36.8 Å². The smallest absolute Gasteiger partial charge is 0.251 e. The summed E-state index contributed by atoms with van der Waals surface area (Å²) in [6, 6.07) is 13.6. The first-order valence-corrected chi connectivity index (χ1v) is 6.49. The summed E-state index contributed by atoms with van der Waals surface area (Å²) >= 11 is 0. The van der Waals surface area contributed by atoms with E-state index in [1.807, 2.05) is 13.0 Å². The fraction of sp³-hybridized carbons (Fsp3) is 0.125. The molecule has 3 N–H and O–H groups in total. The predicted octanol–water partition coefficient (Wildman–Crippen LogP) is 2.07. The van der Waals surface area contributed by atoms with Gasteiger partial charge in [-0.25, -0.2) is 0 Å². The highest BCUT2D eigenvalue weighted by Crippen LogP contribution is 2.23. The van der Waals surface area contributed by atoms with Crippen LogP contribution in [-0.4, -0.2) is 23.5 Å². The van der Waals surface area contributed by atoms with Crippen molar-refractivity contribution >= 4 is 17.5 Å². The van der Waals surface area contributed by atoms with Crippen LogP contribution in [-0.2, 0) is 4.79 Å². The first-order valence-electron chi connectivity index (χ1n) is 6.49. The number of phenolic OH excluding ortho intramolecular Hbond substituents is 1. The van der Waals surface area contributed by atoms with Crippen LogP contribution < -0.4 is 10.6 Å². The van der Waals surface area contributed by atoms with Crippen molar-refractivity contribution in [2.75, 3.05) is 11.9 Å². The monoisotopic (exact) mass is 284 g/mol. The van der Waals surface area contributed by atoms with E-state index in [9.17, 15) is 14.7 Å². The summed E-state index contributed by atoms with van der Waals surface area (Å²) < 4.78 is 0. The SMILES string of the molecule is Cc1ccc(NC(=O)CNC(=O)c2ccccc2)c(O)c1. The molecule has 0 radical (unpaired) electrons. The minimum atomic E-state index is -0.404. The maximum Gasteiger partial charge on any atom is 0.251 e. The molecule has 5 heteroatoms. The number of benzene rings is 2. The van der Waals surface area contributed by atoms with Crippen molar-refractivity contribution in [3.8, 4) is 5.75 Å². The van der Waals surface area contributed by atoms with Gasteiger partial charge < -0.3 is 15.7 Å². The summed E-state index contributed by atoms with van der Waals surface area (Å²) in [5.41, 5.74) is 1.70. The number of amides is 2. The Hall–Kier alpha value is -2.82. The highest BCUT2D eigenvalue weighted by Gasteiger charge is 2.09. The highest BCUT2D eigenvalue weighted by molar-refractivity contribution is 5.99. The third-order valence-electron chi connectivity index (χ3n) is 2.87. The van der Waals surface area contributed by atoms with Gasteiger partial charge in [0.1, 0.15) is 5.75 Å². The molecule has 0 saturated carbocycles. The Morgan fingerprint density at radius 1 is 1.10 bits per heavy atom. The Balaban J connectivity index is 1.89. The largest absolute Gasteiger partial charge is 0.506 e. The third-order valence-corrected chi connectivity index (χ3v) is 2.87. The Labute approximate surface area is 122 Å². The van der Waals surface area contributed by atoms with E-state index < -0.39 is 5.91 Å². The van der Waals surface area contributed by atoms with Gasteiger partial charge in [-0.15, -0.1) is 0 Å². The summed E-state index contributed by atoms with van der Waals surface area (Å²) in [4.78, 5) is 23.5. The second-order valence-corrected chi connectivity index (χ2v) is 4.62. The maximum absolute atomic E-state index is 11.8. The van der Waals surface area contributed by atoms with Crippen molar-refractivity contribution in [2.24, 2.45) is 0 Å². The molecule has 0 aliphatic heterocycles. The number of anilines is 1. The molecular weight excluding hydrogens is 268 g/mol. The fourth-order valence-corrected chi connectivity index (χ4v) is 1.79. The molecule has 2 amide bonds. The molecule has 0 spiro atoms. The number of carbonyl (C=O) groups excluding carboxylic acids is 2. The van der Waals surface area contributed by atoms with Gasteiger partial charge in [0.25, 0.3) is 5.91 Å². The Morgan fingerprint density at radius 2 is 1.81 bits per heavy atom. The molecule has 0 aliphatic rings. The zero-order valence-electron chi connectivity index (χ0n) is 11.6.